The first-order valence-corrected chi connectivity index (χ1v) is 21.3. The van der Waals surface area contributed by atoms with Crippen molar-refractivity contribution in [2.24, 2.45) is 17.4 Å². The van der Waals surface area contributed by atoms with E-state index in [2.05, 4.69) is 10.6 Å². The molecule has 0 heterocycles. The number of ether oxygens (including phenoxy) is 2. The predicted molar refractivity (Wildman–Crippen MR) is 221 cm³/mol. The number of sulfone groups is 1. The molecule has 2 atom stereocenters. The van der Waals surface area contributed by atoms with E-state index in [1.165, 1.54) is 0 Å². The predicted octanol–water partition coefficient (Wildman–Crippen LogP) is 3.97. The Bertz CT molecular complexity index is 1840. The Hall–Kier alpha value is -4.76. The van der Waals surface area contributed by atoms with E-state index < -0.39 is 33.5 Å². The molecule has 0 aliphatic heterocycles. The maximum absolute atomic E-state index is 14.1. The maximum atomic E-state index is 14.1. The molecule has 3 aromatic rings. The van der Waals surface area contributed by atoms with Gasteiger partial charge in [0.25, 0.3) is 0 Å². The standard InChI is InChI=1S/C43H59N5O8S/c1-55-25-26-56-24-23-47-41(51)22-20-38(49)14-7-3-6-13-37(31-57(53,54)30-33-9-4-2-5-10-33)43(52)48-39(28-34-11-8-12-35(27-34)29-44)40(50)21-17-32-15-18-36(19-16-32)42(45)46/h2,4-5,8-12,15-16,18-19,27,37,39H,3,6-7,13-14,17,20-26,28-31,44H2,1H3,(H3,45,46)(H,47,51)(H,48,52)/t37-,39-/m0/s1. The molecule has 0 saturated heterocycles. The number of nitrogens with one attached hydrogen (secondary N) is 3. The summed E-state index contributed by atoms with van der Waals surface area (Å²) in [5.74, 6) is -2.60. The number of amides is 2. The molecule has 0 spiro atoms. The topological polar surface area (TPSA) is 221 Å². The van der Waals surface area contributed by atoms with Gasteiger partial charge < -0.3 is 31.6 Å². The van der Waals surface area contributed by atoms with Crippen LogP contribution in [0.2, 0.25) is 0 Å². The monoisotopic (exact) mass is 805 g/mol. The van der Waals surface area contributed by atoms with Crippen molar-refractivity contribution in [1.82, 2.24) is 10.6 Å². The second kappa shape index (κ2) is 25.5. The summed E-state index contributed by atoms with van der Waals surface area (Å²) in [5, 5.41) is 13.3. The summed E-state index contributed by atoms with van der Waals surface area (Å²) in [7, 11) is -2.15. The molecule has 0 unspecified atom stereocenters. The highest BCUT2D eigenvalue weighted by atomic mass is 32.2. The molecule has 0 fully saturated rings. The first kappa shape index (κ1) is 46.6. The zero-order valence-corrected chi connectivity index (χ0v) is 33.8. The second-order valence-electron chi connectivity index (χ2n) is 14.2. The van der Waals surface area contributed by atoms with Crippen LogP contribution in [-0.4, -0.2) is 82.9 Å². The van der Waals surface area contributed by atoms with Gasteiger partial charge in [0.1, 0.15) is 11.6 Å². The van der Waals surface area contributed by atoms with Gasteiger partial charge in [-0.05, 0) is 47.9 Å². The van der Waals surface area contributed by atoms with Gasteiger partial charge in [-0.15, -0.1) is 0 Å². The lowest BCUT2D eigenvalue weighted by atomic mass is 9.95. The molecule has 2 amide bonds. The van der Waals surface area contributed by atoms with E-state index in [0.29, 0.717) is 69.7 Å². The van der Waals surface area contributed by atoms with Crippen LogP contribution in [0, 0.1) is 11.3 Å². The molecular formula is C43H59N5O8S. The Morgan fingerprint density at radius 3 is 2.21 bits per heavy atom. The third kappa shape index (κ3) is 18.8. The van der Waals surface area contributed by atoms with Crippen LogP contribution in [-0.2, 0) is 63.6 Å². The van der Waals surface area contributed by atoms with Crippen molar-refractivity contribution in [3.8, 4) is 0 Å². The van der Waals surface area contributed by atoms with E-state index in [9.17, 15) is 27.6 Å². The zero-order valence-electron chi connectivity index (χ0n) is 33.0. The average Bonchev–Trinajstić information content (AvgIpc) is 3.19. The summed E-state index contributed by atoms with van der Waals surface area (Å²) in [6, 6.07) is 22.4. The first-order valence-electron chi connectivity index (χ1n) is 19.5. The number of rotatable bonds is 29. The van der Waals surface area contributed by atoms with Crippen molar-refractivity contribution < 1.29 is 37.1 Å². The van der Waals surface area contributed by atoms with E-state index >= 15 is 0 Å². The normalized spacial score (nSPS) is 12.4. The molecule has 310 valence electrons. The van der Waals surface area contributed by atoms with E-state index in [1.807, 2.05) is 36.4 Å². The first-order chi connectivity index (χ1) is 27.4. The molecule has 57 heavy (non-hydrogen) atoms. The number of amidine groups is 1. The molecule has 7 N–H and O–H groups in total. The van der Waals surface area contributed by atoms with Crippen molar-refractivity contribution >= 4 is 39.1 Å². The number of carbonyl (C=O) groups is 4. The Balaban J connectivity index is 1.65. The van der Waals surface area contributed by atoms with E-state index in [1.54, 1.807) is 49.6 Å². The highest BCUT2D eigenvalue weighted by Crippen LogP contribution is 2.19. The smallest absolute Gasteiger partial charge is 0.224 e. The minimum atomic E-state index is -3.73. The van der Waals surface area contributed by atoms with Crippen LogP contribution >= 0.6 is 0 Å². The van der Waals surface area contributed by atoms with Gasteiger partial charge in [0, 0.05) is 51.4 Å². The van der Waals surface area contributed by atoms with Crippen LogP contribution in [0.25, 0.3) is 0 Å². The number of nitrogens with two attached hydrogens (primary N) is 2. The Morgan fingerprint density at radius 2 is 1.51 bits per heavy atom. The number of hydrogen-bond donors (Lipinski definition) is 5. The third-order valence-electron chi connectivity index (χ3n) is 9.49. The molecule has 0 saturated carbocycles. The lowest BCUT2D eigenvalue weighted by Crippen LogP contribution is -2.46. The van der Waals surface area contributed by atoms with E-state index in [4.69, 9.17) is 26.4 Å². The number of unbranched alkanes of at least 4 members (excludes halogenated alkanes) is 2. The highest BCUT2D eigenvalue weighted by Gasteiger charge is 2.29. The number of aryl methyl sites for hydroxylation is 1. The SMILES string of the molecule is COCCOCCNC(=O)CCC(=O)CCCCC[C@@H](CS(=O)(=O)Cc1ccccc1)C(=O)N[C@@H](Cc1cccc(CN)c1)C(=O)CCc1ccc(C(=N)N)cc1. The molecule has 0 aromatic heterocycles. The van der Waals surface area contributed by atoms with Crippen molar-refractivity contribution in [3.63, 3.8) is 0 Å². The number of benzene rings is 3. The molecule has 13 nitrogen and oxygen atoms in total. The quantitative estimate of drug-likeness (QED) is 0.0386. The summed E-state index contributed by atoms with van der Waals surface area (Å²) >= 11 is 0. The lowest BCUT2D eigenvalue weighted by molar-refractivity contribution is -0.130. The van der Waals surface area contributed by atoms with Crippen LogP contribution in [0.5, 0.6) is 0 Å². The lowest BCUT2D eigenvalue weighted by Gasteiger charge is -2.23. The molecule has 0 aliphatic carbocycles. The summed E-state index contributed by atoms with van der Waals surface area (Å²) < 4.78 is 37.2. The molecule has 14 heteroatoms. The van der Waals surface area contributed by atoms with Crippen molar-refractivity contribution in [1.29, 1.82) is 5.41 Å². The zero-order chi connectivity index (χ0) is 41.5. The van der Waals surface area contributed by atoms with Crippen molar-refractivity contribution in [2.45, 2.75) is 82.5 Å². The van der Waals surface area contributed by atoms with Crippen molar-refractivity contribution in [3.05, 3.63) is 107 Å². The Kier molecular flexibility index (Phi) is 20.8. The largest absolute Gasteiger partial charge is 0.384 e. The summed E-state index contributed by atoms with van der Waals surface area (Å²) in [6.45, 7) is 1.92. The molecule has 0 aliphatic rings. The Morgan fingerprint density at radius 1 is 0.789 bits per heavy atom. The van der Waals surface area contributed by atoms with Gasteiger partial charge in [0.05, 0.1) is 43.3 Å². The third-order valence-corrected chi connectivity index (χ3v) is 11.2. The number of carbonyl (C=O) groups excluding carboxylic acids is 4. The van der Waals surface area contributed by atoms with Gasteiger partial charge in [0.2, 0.25) is 11.8 Å². The fourth-order valence-corrected chi connectivity index (χ4v) is 8.04. The molecule has 0 bridgehead atoms. The highest BCUT2D eigenvalue weighted by molar-refractivity contribution is 7.90. The minimum absolute atomic E-state index is 0.0453. The number of ketones is 2. The fourth-order valence-electron chi connectivity index (χ4n) is 6.29. The van der Waals surface area contributed by atoms with Crippen molar-refractivity contribution in [2.75, 3.05) is 39.2 Å². The number of Topliss-reactive ketones (excluding diaryl/α,β-unsaturated/α-hetero) is 2. The fraction of sp³-hybridized carbons (Fsp3) is 0.465. The van der Waals surface area contributed by atoms with Gasteiger partial charge in [-0.2, -0.15) is 0 Å². The molecule has 3 aromatic carbocycles. The van der Waals surface area contributed by atoms with Crippen LogP contribution in [0.4, 0.5) is 0 Å². The van der Waals surface area contributed by atoms with Crippen LogP contribution in [0.1, 0.15) is 79.2 Å². The average molecular weight is 806 g/mol. The molecule has 0 radical (unpaired) electrons. The molecule has 3 rings (SSSR count). The number of nitrogen functional groups attached to an aromatic ring is 1. The Labute approximate surface area is 337 Å². The maximum Gasteiger partial charge on any atom is 0.224 e. The summed E-state index contributed by atoms with van der Waals surface area (Å²) in [4.78, 5) is 52.5. The number of methoxy groups -OCH3 is 1. The van der Waals surface area contributed by atoms with Crippen LogP contribution in [0.3, 0.4) is 0 Å². The summed E-state index contributed by atoms with van der Waals surface area (Å²) in [6.07, 6.45) is 3.04. The van der Waals surface area contributed by atoms with Gasteiger partial charge in [0.15, 0.2) is 15.6 Å². The minimum Gasteiger partial charge on any atom is -0.384 e. The van der Waals surface area contributed by atoms with Gasteiger partial charge in [-0.1, -0.05) is 91.7 Å². The summed E-state index contributed by atoms with van der Waals surface area (Å²) in [5.41, 5.74) is 15.2. The van der Waals surface area contributed by atoms with E-state index in [0.717, 1.165) is 16.7 Å². The van der Waals surface area contributed by atoms with Gasteiger partial charge in [-0.25, -0.2) is 8.42 Å². The van der Waals surface area contributed by atoms with Gasteiger partial charge in [-0.3, -0.25) is 24.6 Å². The molecular weight excluding hydrogens is 747 g/mol. The number of hydrogen-bond acceptors (Lipinski definition) is 10. The van der Waals surface area contributed by atoms with E-state index in [-0.39, 0.29) is 67.6 Å². The van der Waals surface area contributed by atoms with Crippen LogP contribution in [0.15, 0.2) is 78.9 Å². The van der Waals surface area contributed by atoms with Crippen LogP contribution < -0.4 is 22.1 Å². The second-order valence-corrected chi connectivity index (χ2v) is 16.3. The van der Waals surface area contributed by atoms with Gasteiger partial charge >= 0.3 is 0 Å².